The molecule has 0 fully saturated rings. The summed E-state index contributed by atoms with van der Waals surface area (Å²) in [5.41, 5.74) is -2.57. The maximum Gasteiger partial charge on any atom is 0.508 e. The molecular formula is C16H32O10Si2. The van der Waals surface area contributed by atoms with Gasteiger partial charge in [-0.15, -0.1) is 0 Å². The fraction of sp³-hybridized carbons (Fsp3) is 0.750. The van der Waals surface area contributed by atoms with Crippen LogP contribution < -0.4 is 0 Å². The molecule has 0 spiro atoms. The maximum atomic E-state index is 12.3. The summed E-state index contributed by atoms with van der Waals surface area (Å²) in [6, 6.07) is 0. The minimum absolute atomic E-state index is 0.220. The second-order valence-corrected chi connectivity index (χ2v) is 12.0. The molecule has 2 unspecified atom stereocenters. The van der Waals surface area contributed by atoms with Gasteiger partial charge in [0.2, 0.25) is 0 Å². The highest BCUT2D eigenvalue weighted by molar-refractivity contribution is 6.65. The van der Waals surface area contributed by atoms with Crippen molar-refractivity contribution in [2.24, 2.45) is 0 Å². The van der Waals surface area contributed by atoms with E-state index in [0.717, 1.165) is 0 Å². The summed E-state index contributed by atoms with van der Waals surface area (Å²) in [5.74, 6) is -2.81. The number of aliphatic carboxylic acids is 2. The molecular weight excluding hydrogens is 408 g/mol. The monoisotopic (exact) mass is 440 g/mol. The third-order valence-corrected chi connectivity index (χ3v) is 11.3. The summed E-state index contributed by atoms with van der Waals surface area (Å²) in [6.07, 6.45) is 0.441. The van der Waals surface area contributed by atoms with Gasteiger partial charge in [0.15, 0.2) is 0 Å². The summed E-state index contributed by atoms with van der Waals surface area (Å²) in [5, 5.41) is 20.0. The summed E-state index contributed by atoms with van der Waals surface area (Å²) in [7, 11) is 0.992. The van der Waals surface area contributed by atoms with Crippen LogP contribution >= 0.6 is 0 Å². The van der Waals surface area contributed by atoms with Crippen LogP contribution in [0.25, 0.3) is 0 Å². The van der Waals surface area contributed by atoms with Gasteiger partial charge in [-0.25, -0.2) is 9.59 Å². The third kappa shape index (κ3) is 5.07. The van der Waals surface area contributed by atoms with Gasteiger partial charge < -0.3 is 36.8 Å². The van der Waals surface area contributed by atoms with E-state index in [4.69, 9.17) is 26.6 Å². The van der Waals surface area contributed by atoms with Gasteiger partial charge in [0.05, 0.1) is 22.2 Å². The van der Waals surface area contributed by atoms with E-state index >= 15 is 0 Å². The Morgan fingerprint density at radius 3 is 0.964 bits per heavy atom. The summed E-state index contributed by atoms with van der Waals surface area (Å²) >= 11 is 0. The minimum atomic E-state index is -3.54. The molecule has 28 heavy (non-hydrogen) atoms. The molecule has 12 heteroatoms. The van der Waals surface area contributed by atoms with Crippen molar-refractivity contribution in [3.8, 4) is 0 Å². The first-order valence-electron chi connectivity index (χ1n) is 8.67. The van der Waals surface area contributed by atoms with E-state index in [0.29, 0.717) is 0 Å². The van der Waals surface area contributed by atoms with Gasteiger partial charge in [0.25, 0.3) is 0 Å². The Morgan fingerprint density at radius 1 is 0.643 bits per heavy atom. The Bertz CT molecular complexity index is 493. The molecule has 0 aliphatic carbocycles. The van der Waals surface area contributed by atoms with E-state index in [-0.39, 0.29) is 24.0 Å². The van der Waals surface area contributed by atoms with E-state index in [9.17, 15) is 19.8 Å². The van der Waals surface area contributed by atoms with E-state index in [2.05, 4.69) is 0 Å². The molecule has 0 bridgehead atoms. The van der Waals surface area contributed by atoms with E-state index in [1.165, 1.54) is 42.7 Å². The summed E-state index contributed by atoms with van der Waals surface area (Å²) in [6.45, 7) is 3.42. The highest BCUT2D eigenvalue weighted by Crippen LogP contribution is 2.43. The smallest absolute Gasteiger partial charge is 0.478 e. The van der Waals surface area contributed by atoms with Crippen molar-refractivity contribution in [3.05, 3.63) is 11.1 Å². The minimum Gasteiger partial charge on any atom is -0.478 e. The molecule has 164 valence electrons. The first-order chi connectivity index (χ1) is 13.1. The largest absolute Gasteiger partial charge is 0.508 e. The number of hydrogen-bond acceptors (Lipinski definition) is 8. The van der Waals surface area contributed by atoms with Crippen LogP contribution in [0.3, 0.4) is 0 Å². The molecule has 2 atom stereocenters. The Morgan fingerprint density at radius 2 is 0.857 bits per heavy atom. The van der Waals surface area contributed by atoms with Crippen LogP contribution in [0.4, 0.5) is 0 Å². The molecule has 0 aromatic carbocycles. The number of carboxylic acids is 2. The summed E-state index contributed by atoms with van der Waals surface area (Å²) in [4.78, 5) is 24.6. The normalized spacial score (nSPS) is 15.7. The second-order valence-electron chi connectivity index (χ2n) is 5.79. The second kappa shape index (κ2) is 11.8. The fourth-order valence-corrected chi connectivity index (χ4v) is 8.49. The van der Waals surface area contributed by atoms with Crippen LogP contribution in [-0.4, -0.2) is 82.4 Å². The molecule has 0 aliphatic rings. The Hall–Kier alpha value is -1.13. The SMILES string of the molecule is CCC(C(C(=O)O)=C(C(=O)O)C(CC)[Si](OC)(OC)OC)[Si](OC)(OC)OC. The van der Waals surface area contributed by atoms with Crippen molar-refractivity contribution in [2.75, 3.05) is 42.7 Å². The van der Waals surface area contributed by atoms with Crippen molar-refractivity contribution < 1.29 is 46.4 Å². The van der Waals surface area contributed by atoms with Crippen molar-refractivity contribution in [3.63, 3.8) is 0 Å². The van der Waals surface area contributed by atoms with Crippen LogP contribution in [0, 0.1) is 0 Å². The van der Waals surface area contributed by atoms with Gasteiger partial charge >= 0.3 is 29.5 Å². The molecule has 10 nitrogen and oxygen atoms in total. The average molecular weight is 441 g/mol. The molecule has 0 aliphatic heterocycles. The van der Waals surface area contributed by atoms with E-state index in [1.54, 1.807) is 13.8 Å². The topological polar surface area (TPSA) is 130 Å². The van der Waals surface area contributed by atoms with E-state index < -0.39 is 40.6 Å². The van der Waals surface area contributed by atoms with Crippen LogP contribution in [0.5, 0.6) is 0 Å². The van der Waals surface area contributed by atoms with Crippen molar-refractivity contribution in [2.45, 2.75) is 37.8 Å². The highest BCUT2D eigenvalue weighted by Gasteiger charge is 2.56. The number of carbonyl (C=O) groups is 2. The van der Waals surface area contributed by atoms with Crippen LogP contribution in [-0.2, 0) is 36.1 Å². The van der Waals surface area contributed by atoms with Gasteiger partial charge in [0.1, 0.15) is 0 Å². The molecule has 0 saturated heterocycles. The molecule has 0 aromatic rings. The molecule has 0 aromatic heterocycles. The zero-order valence-electron chi connectivity index (χ0n) is 17.7. The molecule has 0 amide bonds. The van der Waals surface area contributed by atoms with E-state index in [1.807, 2.05) is 0 Å². The quantitative estimate of drug-likeness (QED) is 0.304. The Balaban J connectivity index is 7.10. The van der Waals surface area contributed by atoms with Gasteiger partial charge in [-0.2, -0.15) is 0 Å². The van der Waals surface area contributed by atoms with Gasteiger partial charge in [-0.3, -0.25) is 0 Å². The lowest BCUT2D eigenvalue weighted by Gasteiger charge is -2.36. The van der Waals surface area contributed by atoms with Crippen molar-refractivity contribution in [1.29, 1.82) is 0 Å². The molecule has 0 heterocycles. The Kier molecular flexibility index (Phi) is 11.3. The lowest BCUT2D eigenvalue weighted by Crippen LogP contribution is -2.52. The van der Waals surface area contributed by atoms with Crippen molar-refractivity contribution >= 4 is 29.5 Å². The lowest BCUT2D eigenvalue weighted by molar-refractivity contribution is -0.136. The van der Waals surface area contributed by atoms with Crippen LogP contribution in [0.15, 0.2) is 11.1 Å². The van der Waals surface area contributed by atoms with Crippen molar-refractivity contribution in [1.82, 2.24) is 0 Å². The van der Waals surface area contributed by atoms with Gasteiger partial charge in [-0.1, -0.05) is 13.8 Å². The molecule has 2 N–H and O–H groups in total. The zero-order valence-corrected chi connectivity index (χ0v) is 19.7. The average Bonchev–Trinajstić information content (AvgIpc) is 2.70. The maximum absolute atomic E-state index is 12.3. The third-order valence-electron chi connectivity index (χ3n) is 4.83. The molecule has 0 radical (unpaired) electrons. The predicted molar refractivity (Wildman–Crippen MR) is 104 cm³/mol. The standard InChI is InChI=1S/C16H32O10Si2/c1-9-11(27(21-3,22-4)23-5)13(15(17)18)14(16(19)20)12(10-2)28(24-6,25-7)26-8/h11-12H,9-10H2,1-8H3,(H,17,18)(H,19,20). The molecule has 0 saturated carbocycles. The Labute approximate surface area is 168 Å². The summed E-state index contributed by atoms with van der Waals surface area (Å²) < 4.78 is 32.7. The molecule has 0 rings (SSSR count). The van der Waals surface area contributed by atoms with Gasteiger partial charge in [-0.05, 0) is 12.8 Å². The predicted octanol–water partition coefficient (Wildman–Crippen LogP) is 1.77. The fourth-order valence-electron chi connectivity index (χ4n) is 3.52. The lowest BCUT2D eigenvalue weighted by atomic mass is 9.98. The van der Waals surface area contributed by atoms with Crippen LogP contribution in [0.2, 0.25) is 11.1 Å². The first-order valence-corrected chi connectivity index (χ1v) is 12.3. The first kappa shape index (κ1) is 26.9. The number of rotatable bonds is 14. The number of hydrogen-bond donors (Lipinski definition) is 2. The number of carboxylic acid groups (broad SMARTS) is 2. The zero-order chi connectivity index (χ0) is 22.1. The van der Waals surface area contributed by atoms with Gasteiger partial charge in [0, 0.05) is 42.7 Å². The van der Waals surface area contributed by atoms with Crippen LogP contribution in [0.1, 0.15) is 26.7 Å². The highest BCUT2D eigenvalue weighted by atomic mass is 28.4.